The molecule has 0 saturated heterocycles. The van der Waals surface area contributed by atoms with E-state index in [1.54, 1.807) is 12.1 Å². The van der Waals surface area contributed by atoms with E-state index in [1.165, 1.54) is 54.3 Å². The summed E-state index contributed by atoms with van der Waals surface area (Å²) in [4.78, 5) is 0. The minimum atomic E-state index is -0.232. The zero-order valence-corrected chi connectivity index (χ0v) is 25.4. The third-order valence-corrected chi connectivity index (χ3v) is 11.3. The first-order valence-electron chi connectivity index (χ1n) is 16.5. The standard InChI is InChI=1S/C42H22BFN4/c44-29-21-36-40-37(22-29)48-39-20-28-16-24-8-2-4-10-26(24)18-35(28)46(39)33-14-6-12-31(42(33)48)43(40)30-11-5-13-32-41(30)47(36)38-19-27-15-23-7-1-3-9-25(23)17-34(27)45(32)38/h1-22H. The average molecular weight is 612 g/mol. The van der Waals surface area contributed by atoms with Gasteiger partial charge in [0.2, 0.25) is 0 Å². The molecular weight excluding hydrogens is 590 g/mol. The lowest BCUT2D eigenvalue weighted by molar-refractivity contribution is 0.626. The normalized spacial score (nSPS) is 13.5. The maximum atomic E-state index is 16.2. The summed E-state index contributed by atoms with van der Waals surface area (Å²) in [5.41, 5.74) is 14.5. The van der Waals surface area contributed by atoms with Gasteiger partial charge in [-0.3, -0.25) is 17.9 Å². The molecular formula is C42H22BFN4. The van der Waals surface area contributed by atoms with Gasteiger partial charge >= 0.3 is 0 Å². The molecule has 6 heteroatoms. The summed E-state index contributed by atoms with van der Waals surface area (Å²) in [6.45, 7) is -0.0265. The van der Waals surface area contributed by atoms with Crippen molar-refractivity contribution in [1.29, 1.82) is 0 Å². The fourth-order valence-corrected chi connectivity index (χ4v) is 9.46. The highest BCUT2D eigenvalue weighted by molar-refractivity contribution is 7.00. The second-order valence-electron chi connectivity index (χ2n) is 13.6. The van der Waals surface area contributed by atoms with Crippen LogP contribution in [0.1, 0.15) is 0 Å². The summed E-state index contributed by atoms with van der Waals surface area (Å²) in [7, 11) is 0. The molecule has 4 aromatic heterocycles. The van der Waals surface area contributed by atoms with Gasteiger partial charge in [-0.2, -0.15) is 0 Å². The van der Waals surface area contributed by atoms with Gasteiger partial charge in [-0.25, -0.2) is 4.39 Å². The van der Waals surface area contributed by atoms with Crippen molar-refractivity contribution in [3.05, 3.63) is 139 Å². The molecule has 7 aromatic carbocycles. The number of fused-ring (bicyclic) bond motifs is 16. The van der Waals surface area contributed by atoms with Crippen LogP contribution in [0.4, 0.5) is 4.39 Å². The van der Waals surface area contributed by atoms with Crippen LogP contribution in [-0.2, 0) is 0 Å². The van der Waals surface area contributed by atoms with Crippen LogP contribution < -0.4 is 16.4 Å². The van der Waals surface area contributed by atoms with E-state index in [2.05, 4.69) is 139 Å². The molecule has 2 aliphatic rings. The minimum absolute atomic E-state index is 0.0265. The van der Waals surface area contributed by atoms with Gasteiger partial charge in [0.25, 0.3) is 6.71 Å². The van der Waals surface area contributed by atoms with Crippen molar-refractivity contribution in [1.82, 2.24) is 17.9 Å². The molecule has 0 spiro atoms. The maximum absolute atomic E-state index is 16.2. The van der Waals surface area contributed by atoms with Gasteiger partial charge < -0.3 is 0 Å². The van der Waals surface area contributed by atoms with Crippen molar-refractivity contribution >= 4 is 99.8 Å². The smallest absolute Gasteiger partial charge is 0.252 e. The van der Waals surface area contributed by atoms with Crippen molar-refractivity contribution in [2.24, 2.45) is 0 Å². The van der Waals surface area contributed by atoms with Crippen LogP contribution in [0.3, 0.4) is 0 Å². The lowest BCUT2D eigenvalue weighted by Gasteiger charge is -2.32. The Kier molecular flexibility index (Phi) is 3.90. The second kappa shape index (κ2) is 7.81. The predicted octanol–water partition coefficient (Wildman–Crippen LogP) is 7.97. The van der Waals surface area contributed by atoms with Gasteiger partial charge in [-0.05, 0) is 98.6 Å². The van der Waals surface area contributed by atoms with Crippen LogP contribution >= 0.6 is 0 Å². The third-order valence-electron chi connectivity index (χ3n) is 11.3. The molecule has 220 valence electrons. The summed E-state index contributed by atoms with van der Waals surface area (Å²) < 4.78 is 25.6. The zero-order chi connectivity index (χ0) is 31.0. The molecule has 6 heterocycles. The van der Waals surface area contributed by atoms with Crippen molar-refractivity contribution in [3.63, 3.8) is 0 Å². The first kappa shape index (κ1) is 24.0. The fourth-order valence-electron chi connectivity index (χ4n) is 9.46. The Morgan fingerprint density at radius 3 is 1.35 bits per heavy atom. The Morgan fingerprint density at radius 2 is 0.875 bits per heavy atom. The summed E-state index contributed by atoms with van der Waals surface area (Å²) in [5.74, 6) is -0.232. The van der Waals surface area contributed by atoms with Gasteiger partial charge in [0, 0.05) is 22.1 Å². The molecule has 0 atom stereocenters. The number of benzene rings is 7. The van der Waals surface area contributed by atoms with Crippen molar-refractivity contribution in [3.8, 4) is 11.4 Å². The summed E-state index contributed by atoms with van der Waals surface area (Å²) in [6, 6.07) is 47.6. The number of para-hydroxylation sites is 2. The average Bonchev–Trinajstić information content (AvgIpc) is 3.83. The van der Waals surface area contributed by atoms with Gasteiger partial charge in [-0.1, -0.05) is 72.8 Å². The van der Waals surface area contributed by atoms with Crippen LogP contribution in [0, 0.1) is 5.82 Å². The Hall–Kier alpha value is -6.27. The fraction of sp³-hybridized carbons (Fsp3) is 0. The van der Waals surface area contributed by atoms with Crippen molar-refractivity contribution < 1.29 is 4.39 Å². The Morgan fingerprint density at radius 1 is 0.417 bits per heavy atom. The van der Waals surface area contributed by atoms with Crippen molar-refractivity contribution in [2.75, 3.05) is 0 Å². The number of halogens is 1. The molecule has 0 bridgehead atoms. The van der Waals surface area contributed by atoms with E-state index in [4.69, 9.17) is 0 Å². The largest absolute Gasteiger partial charge is 0.295 e. The zero-order valence-electron chi connectivity index (χ0n) is 25.4. The molecule has 0 unspecified atom stereocenters. The quantitative estimate of drug-likeness (QED) is 0.155. The number of rotatable bonds is 0. The maximum Gasteiger partial charge on any atom is 0.252 e. The summed E-state index contributed by atoms with van der Waals surface area (Å²) in [6.07, 6.45) is 0. The monoisotopic (exact) mass is 612 g/mol. The van der Waals surface area contributed by atoms with Crippen LogP contribution in [0.25, 0.3) is 88.1 Å². The molecule has 0 amide bonds. The van der Waals surface area contributed by atoms with Crippen LogP contribution in [-0.4, -0.2) is 24.6 Å². The van der Waals surface area contributed by atoms with Gasteiger partial charge in [-0.15, -0.1) is 0 Å². The Bertz CT molecular complexity index is 3100. The summed E-state index contributed by atoms with van der Waals surface area (Å²) in [5, 5.41) is 7.22. The molecule has 0 saturated carbocycles. The van der Waals surface area contributed by atoms with Crippen LogP contribution in [0.5, 0.6) is 0 Å². The Labute approximate surface area is 272 Å². The molecule has 0 N–H and O–H groups in total. The molecule has 4 nitrogen and oxygen atoms in total. The van der Waals surface area contributed by atoms with E-state index in [0.29, 0.717) is 0 Å². The van der Waals surface area contributed by atoms with E-state index < -0.39 is 0 Å². The van der Waals surface area contributed by atoms with Gasteiger partial charge in [0.1, 0.15) is 17.1 Å². The SMILES string of the molecule is Fc1cc2c3c(c1)-n1c4c(cccc4n4c5cc6ccccc6cc5cc14)B3c1cccc3c1n-2c1cc2cc4ccccc4cc2n31. The first-order valence-corrected chi connectivity index (χ1v) is 16.5. The lowest BCUT2D eigenvalue weighted by atomic mass is 9.34. The second-order valence-corrected chi connectivity index (χ2v) is 13.6. The van der Waals surface area contributed by atoms with E-state index >= 15 is 4.39 Å². The van der Waals surface area contributed by atoms with Gasteiger partial charge in [0.05, 0.1) is 33.1 Å². The van der Waals surface area contributed by atoms with E-state index in [9.17, 15) is 0 Å². The number of nitrogens with zero attached hydrogens (tertiary/aromatic N) is 4. The van der Waals surface area contributed by atoms with Crippen molar-refractivity contribution in [2.45, 2.75) is 0 Å². The molecule has 0 fully saturated rings. The molecule has 11 aromatic rings. The third kappa shape index (κ3) is 2.59. The molecule has 13 rings (SSSR count). The number of aromatic nitrogens is 4. The van der Waals surface area contributed by atoms with E-state index in [1.807, 2.05) is 0 Å². The molecule has 0 radical (unpaired) electrons. The van der Waals surface area contributed by atoms with Gasteiger partial charge in [0.15, 0.2) is 0 Å². The van der Waals surface area contributed by atoms with E-state index in [0.717, 1.165) is 50.2 Å². The van der Waals surface area contributed by atoms with E-state index in [-0.39, 0.29) is 12.5 Å². The predicted molar refractivity (Wildman–Crippen MR) is 197 cm³/mol. The number of imidazole rings is 2. The van der Waals surface area contributed by atoms with Crippen LogP contribution in [0.2, 0.25) is 0 Å². The highest BCUT2D eigenvalue weighted by atomic mass is 19.1. The summed E-state index contributed by atoms with van der Waals surface area (Å²) >= 11 is 0. The number of hydrogen-bond donors (Lipinski definition) is 0. The molecule has 48 heavy (non-hydrogen) atoms. The lowest BCUT2D eigenvalue weighted by Crippen LogP contribution is -2.59. The molecule has 2 aliphatic heterocycles. The number of hydrogen-bond acceptors (Lipinski definition) is 0. The minimum Gasteiger partial charge on any atom is -0.295 e. The first-order chi connectivity index (χ1) is 23.7. The Balaban J connectivity index is 1.22. The topological polar surface area (TPSA) is 18.7 Å². The highest BCUT2D eigenvalue weighted by Gasteiger charge is 2.41. The highest BCUT2D eigenvalue weighted by Crippen LogP contribution is 2.39. The molecule has 0 aliphatic carbocycles. The van der Waals surface area contributed by atoms with Crippen LogP contribution in [0.15, 0.2) is 133 Å².